The van der Waals surface area contributed by atoms with E-state index in [0.29, 0.717) is 6.42 Å². The molecule has 5 fully saturated rings. The predicted octanol–water partition coefficient (Wildman–Crippen LogP) is 2.24. The van der Waals surface area contributed by atoms with Gasteiger partial charge >= 0.3 is 11.9 Å². The molecule has 0 aromatic carbocycles. The Morgan fingerprint density at radius 1 is 0.852 bits per heavy atom. The zero-order valence-corrected chi connectivity index (χ0v) is 33.1. The van der Waals surface area contributed by atoms with Gasteiger partial charge in [-0.3, -0.25) is 14.4 Å². The van der Waals surface area contributed by atoms with Crippen LogP contribution in [0.25, 0.3) is 0 Å². The lowest BCUT2D eigenvalue weighted by Gasteiger charge is -2.48. The molecule has 5 aliphatic rings. The molecule has 16 nitrogen and oxygen atoms in total. The molecule has 1 N–H and O–H groups in total. The molecule has 54 heavy (non-hydrogen) atoms. The second-order valence-corrected chi connectivity index (χ2v) is 15.8. The summed E-state index contributed by atoms with van der Waals surface area (Å²) in [4.78, 5) is 39.6. The second kappa shape index (κ2) is 17.6. The smallest absolute Gasteiger partial charge is 0.309 e. The van der Waals surface area contributed by atoms with E-state index in [1.54, 1.807) is 21.1 Å². The Morgan fingerprint density at radius 3 is 2.11 bits per heavy atom. The normalized spacial score (nSPS) is 45.7. The number of fused-ring (bicyclic) bond motifs is 4. The van der Waals surface area contributed by atoms with Crippen LogP contribution in [0.5, 0.6) is 0 Å². The van der Waals surface area contributed by atoms with Crippen LogP contribution in [0.2, 0.25) is 0 Å². The zero-order chi connectivity index (χ0) is 39.7. The van der Waals surface area contributed by atoms with Crippen LogP contribution < -0.4 is 0 Å². The van der Waals surface area contributed by atoms with Gasteiger partial charge in [0.05, 0.1) is 43.5 Å². The van der Waals surface area contributed by atoms with E-state index < -0.39 is 127 Å². The number of ether oxygens (including phenoxy) is 12. The standard InChI is InChI=1S/C38H60O16/c1-12-27-37(6,7)28-13-18(2)38(42,54-28)26(40)15-22-14-23(19(3)24(50-22)16-29(41)52-27)51-35-33(45-10)31(25(17-47-35)49-21(5)39)53-36-34(46-11)32(44-9)30(43-8)20(4)48-36/h12,18-20,22-25,27-28,30-36,42H,1,13-17H2,2-11H3/t18-,19-,20?,22+,23+,24+,25-,27-,28?,30?,31+,32+,33+,34+,35?,36+,38?/m1/s1. The molecule has 5 rings (SSSR count). The zero-order valence-electron chi connectivity index (χ0n) is 33.1. The molecule has 5 aliphatic heterocycles. The van der Waals surface area contributed by atoms with Gasteiger partial charge in [-0.15, -0.1) is 0 Å². The number of hydrogen-bond acceptors (Lipinski definition) is 16. The summed E-state index contributed by atoms with van der Waals surface area (Å²) in [5.41, 5.74) is -0.798. The third-order valence-corrected chi connectivity index (χ3v) is 11.9. The Balaban J connectivity index is 1.41. The summed E-state index contributed by atoms with van der Waals surface area (Å²) >= 11 is 0. The molecule has 0 radical (unpaired) electrons. The Kier molecular flexibility index (Phi) is 14.0. The number of aliphatic hydroxyl groups is 1. The topological polar surface area (TPSA) is 182 Å². The van der Waals surface area contributed by atoms with Crippen LogP contribution in [-0.4, -0.2) is 149 Å². The number of rotatable bonds is 10. The molecule has 5 heterocycles. The fourth-order valence-corrected chi connectivity index (χ4v) is 8.58. The highest BCUT2D eigenvalue weighted by Gasteiger charge is 2.57. The van der Waals surface area contributed by atoms with Crippen LogP contribution in [0.1, 0.15) is 67.2 Å². The Bertz CT molecular complexity index is 1330. The van der Waals surface area contributed by atoms with Crippen LogP contribution in [0.3, 0.4) is 0 Å². The highest BCUT2D eigenvalue weighted by atomic mass is 16.8. The van der Waals surface area contributed by atoms with Crippen molar-refractivity contribution in [2.24, 2.45) is 17.3 Å². The van der Waals surface area contributed by atoms with Crippen LogP contribution >= 0.6 is 0 Å². The second-order valence-electron chi connectivity index (χ2n) is 15.8. The van der Waals surface area contributed by atoms with E-state index in [0.717, 1.165) is 0 Å². The first-order valence-electron chi connectivity index (χ1n) is 18.8. The van der Waals surface area contributed by atoms with Gasteiger partial charge in [0.2, 0.25) is 5.79 Å². The average Bonchev–Trinajstić information content (AvgIpc) is 3.44. The maximum atomic E-state index is 13.9. The number of carbonyl (C=O) groups excluding carboxylic acids is 3. The lowest BCUT2D eigenvalue weighted by Crippen LogP contribution is -2.64. The summed E-state index contributed by atoms with van der Waals surface area (Å²) in [5.74, 6) is -4.58. The van der Waals surface area contributed by atoms with E-state index in [9.17, 15) is 19.5 Å². The van der Waals surface area contributed by atoms with Gasteiger partial charge in [0.25, 0.3) is 0 Å². The molecule has 0 amide bonds. The van der Waals surface area contributed by atoms with Crippen molar-refractivity contribution < 1.29 is 76.3 Å². The van der Waals surface area contributed by atoms with E-state index in [1.165, 1.54) is 27.2 Å². The molecule has 16 heteroatoms. The summed E-state index contributed by atoms with van der Waals surface area (Å²) < 4.78 is 72.9. The highest BCUT2D eigenvalue weighted by molar-refractivity contribution is 5.86. The van der Waals surface area contributed by atoms with E-state index in [-0.39, 0.29) is 25.9 Å². The van der Waals surface area contributed by atoms with Gasteiger partial charge in [-0.2, -0.15) is 0 Å². The Morgan fingerprint density at radius 2 is 1.50 bits per heavy atom. The molecule has 0 saturated carbocycles. The summed E-state index contributed by atoms with van der Waals surface area (Å²) in [6.07, 6.45) is -8.76. The fraction of sp³-hybridized carbons (Fsp3) is 0.868. The number of methoxy groups -OCH3 is 4. The molecule has 5 saturated heterocycles. The van der Waals surface area contributed by atoms with Crippen LogP contribution in [-0.2, 0) is 71.2 Å². The van der Waals surface area contributed by atoms with E-state index in [4.69, 9.17) is 56.8 Å². The van der Waals surface area contributed by atoms with Gasteiger partial charge in [-0.1, -0.05) is 40.3 Å². The van der Waals surface area contributed by atoms with Gasteiger partial charge in [-0.05, 0) is 13.3 Å². The maximum Gasteiger partial charge on any atom is 0.309 e. The van der Waals surface area contributed by atoms with Crippen molar-refractivity contribution in [3.05, 3.63) is 12.7 Å². The number of esters is 2. The molecule has 4 bridgehead atoms. The third-order valence-electron chi connectivity index (χ3n) is 11.9. The number of carbonyl (C=O) groups is 3. The van der Waals surface area contributed by atoms with Gasteiger partial charge in [0.15, 0.2) is 24.5 Å². The minimum absolute atomic E-state index is 0.111. The maximum absolute atomic E-state index is 13.9. The van der Waals surface area contributed by atoms with Gasteiger partial charge in [-0.25, -0.2) is 0 Å². The molecular weight excluding hydrogens is 712 g/mol. The summed E-state index contributed by atoms with van der Waals surface area (Å²) in [6.45, 7) is 14.3. The Labute approximate surface area is 317 Å². The number of ketones is 1. The number of cyclic esters (lactones) is 1. The molecule has 0 aromatic rings. The Hall–Kier alpha value is -2.09. The van der Waals surface area contributed by atoms with Crippen molar-refractivity contribution in [1.82, 2.24) is 0 Å². The predicted molar refractivity (Wildman–Crippen MR) is 187 cm³/mol. The molecule has 17 atom stereocenters. The largest absolute Gasteiger partial charge is 0.457 e. The van der Waals surface area contributed by atoms with Crippen molar-refractivity contribution in [1.29, 1.82) is 0 Å². The number of Topliss-reactive ketones (excluding diaryl/α,β-unsaturated/α-hetero) is 1. The first kappa shape index (κ1) is 43.0. The minimum Gasteiger partial charge on any atom is -0.457 e. The van der Waals surface area contributed by atoms with Crippen molar-refractivity contribution in [3.63, 3.8) is 0 Å². The van der Waals surface area contributed by atoms with E-state index >= 15 is 0 Å². The average molecular weight is 773 g/mol. The van der Waals surface area contributed by atoms with Gasteiger partial charge < -0.3 is 61.9 Å². The van der Waals surface area contributed by atoms with Gasteiger partial charge in [0, 0.05) is 65.5 Å². The first-order valence-corrected chi connectivity index (χ1v) is 18.8. The van der Waals surface area contributed by atoms with Crippen molar-refractivity contribution in [2.45, 2.75) is 159 Å². The minimum atomic E-state index is -2.06. The number of hydrogen-bond donors (Lipinski definition) is 1. The fourth-order valence-electron chi connectivity index (χ4n) is 8.58. The lowest BCUT2D eigenvalue weighted by molar-refractivity contribution is -0.358. The van der Waals surface area contributed by atoms with E-state index in [2.05, 4.69) is 6.58 Å². The lowest BCUT2D eigenvalue weighted by atomic mass is 9.77. The monoisotopic (exact) mass is 772 g/mol. The molecule has 0 aliphatic carbocycles. The van der Waals surface area contributed by atoms with Crippen molar-refractivity contribution in [3.8, 4) is 0 Å². The van der Waals surface area contributed by atoms with Gasteiger partial charge in [0.1, 0.15) is 36.6 Å². The molecular formula is C38H60O16. The first-order chi connectivity index (χ1) is 25.5. The summed E-state index contributed by atoms with van der Waals surface area (Å²) in [5, 5.41) is 11.7. The SMILES string of the molecule is C=C[C@H]1OC(=O)C[C@@H]2O[C@H](CC(=O)C3(O)OC(C[C@H]3C)C1(C)C)C[C@H](OC1OC[C@@H](OC(C)=O)[C@H](O[C@@H]3OC(C)C(OC)[C@H](OC)[C@@H]3OC)[C@@H]1OC)[C@H]2C. The molecule has 0 aromatic heterocycles. The summed E-state index contributed by atoms with van der Waals surface area (Å²) in [6, 6.07) is 0. The highest BCUT2D eigenvalue weighted by Crippen LogP contribution is 2.46. The third kappa shape index (κ3) is 8.59. The molecule has 308 valence electrons. The van der Waals surface area contributed by atoms with E-state index in [1.807, 2.05) is 27.7 Å². The van der Waals surface area contributed by atoms with Crippen molar-refractivity contribution >= 4 is 17.7 Å². The summed E-state index contributed by atoms with van der Waals surface area (Å²) in [7, 11) is 6.06. The van der Waals surface area contributed by atoms with Crippen LogP contribution in [0.15, 0.2) is 12.7 Å². The van der Waals surface area contributed by atoms with Crippen molar-refractivity contribution in [2.75, 3.05) is 35.0 Å². The van der Waals surface area contributed by atoms with Crippen LogP contribution in [0.4, 0.5) is 0 Å². The molecule has 5 unspecified atom stereocenters. The quantitative estimate of drug-likeness (QED) is 0.252. The van der Waals surface area contributed by atoms with Crippen LogP contribution in [0, 0.1) is 17.3 Å². The molecule has 0 spiro atoms.